The molecule has 0 fully saturated rings. The third kappa shape index (κ3) is 4.66. The molecule has 1 amide bonds. The van der Waals surface area contributed by atoms with E-state index in [1.54, 1.807) is 12.1 Å². The fourth-order valence-corrected chi connectivity index (χ4v) is 3.25. The zero-order chi connectivity index (χ0) is 17.7. The van der Waals surface area contributed by atoms with Gasteiger partial charge in [0.25, 0.3) is 0 Å². The van der Waals surface area contributed by atoms with Crippen LogP contribution in [-0.4, -0.2) is 20.9 Å². The van der Waals surface area contributed by atoms with Gasteiger partial charge in [-0.3, -0.25) is 4.79 Å². The van der Waals surface area contributed by atoms with Crippen LogP contribution in [0.3, 0.4) is 0 Å². The molecule has 0 aliphatic heterocycles. The van der Waals surface area contributed by atoms with E-state index < -0.39 is 15.9 Å². The molecule has 0 aliphatic carbocycles. The van der Waals surface area contributed by atoms with Crippen molar-refractivity contribution in [3.8, 4) is 0 Å². The Hall–Kier alpha value is -2.18. The molecule has 0 aliphatic rings. The van der Waals surface area contributed by atoms with E-state index in [0.717, 1.165) is 11.1 Å². The van der Waals surface area contributed by atoms with Crippen LogP contribution in [0.15, 0.2) is 53.4 Å². The number of para-hydroxylation sites is 1. The van der Waals surface area contributed by atoms with Crippen molar-refractivity contribution in [3.05, 3.63) is 59.7 Å². The van der Waals surface area contributed by atoms with Gasteiger partial charge in [0, 0.05) is 5.69 Å². The molecule has 0 saturated carbocycles. The van der Waals surface area contributed by atoms with Crippen molar-refractivity contribution in [2.45, 2.75) is 31.6 Å². The third-order valence-corrected chi connectivity index (χ3v) is 5.03. The first-order valence-electron chi connectivity index (χ1n) is 7.74. The van der Waals surface area contributed by atoms with E-state index in [2.05, 4.69) is 10.0 Å². The second kappa shape index (κ2) is 7.59. The Morgan fingerprint density at radius 1 is 1.04 bits per heavy atom. The highest BCUT2D eigenvalue weighted by atomic mass is 32.2. The van der Waals surface area contributed by atoms with E-state index in [9.17, 15) is 13.2 Å². The van der Waals surface area contributed by atoms with Gasteiger partial charge >= 0.3 is 0 Å². The smallest absolute Gasteiger partial charge is 0.241 e. The molecule has 0 atom stereocenters. The topological polar surface area (TPSA) is 75.3 Å². The van der Waals surface area contributed by atoms with Crippen LogP contribution in [0, 0.1) is 6.92 Å². The number of carbonyl (C=O) groups excluding carboxylic acids is 1. The molecule has 128 valence electrons. The van der Waals surface area contributed by atoms with E-state index in [0.29, 0.717) is 5.69 Å². The van der Waals surface area contributed by atoms with Crippen LogP contribution in [-0.2, 0) is 14.8 Å². The van der Waals surface area contributed by atoms with Gasteiger partial charge in [-0.15, -0.1) is 0 Å². The SMILES string of the molecule is Cc1ccc(S(=O)(=O)NCC(=O)Nc2ccccc2C(C)C)cc1. The summed E-state index contributed by atoms with van der Waals surface area (Å²) >= 11 is 0. The molecule has 0 aromatic heterocycles. The van der Waals surface area contributed by atoms with Crippen molar-refractivity contribution >= 4 is 21.6 Å². The lowest BCUT2D eigenvalue weighted by Crippen LogP contribution is -2.33. The molecular formula is C18H22N2O3S. The van der Waals surface area contributed by atoms with Crippen molar-refractivity contribution in [3.63, 3.8) is 0 Å². The summed E-state index contributed by atoms with van der Waals surface area (Å²) in [6.07, 6.45) is 0. The Morgan fingerprint density at radius 3 is 2.29 bits per heavy atom. The molecule has 5 nitrogen and oxygen atoms in total. The molecule has 0 unspecified atom stereocenters. The fourth-order valence-electron chi connectivity index (χ4n) is 2.27. The van der Waals surface area contributed by atoms with Crippen LogP contribution < -0.4 is 10.0 Å². The number of anilines is 1. The van der Waals surface area contributed by atoms with Crippen LogP contribution in [0.5, 0.6) is 0 Å². The van der Waals surface area contributed by atoms with Gasteiger partial charge < -0.3 is 5.32 Å². The average molecular weight is 346 g/mol. The van der Waals surface area contributed by atoms with Gasteiger partial charge in [0.1, 0.15) is 0 Å². The zero-order valence-electron chi connectivity index (χ0n) is 14.0. The summed E-state index contributed by atoms with van der Waals surface area (Å²) in [5.41, 5.74) is 2.68. The van der Waals surface area contributed by atoms with Crippen molar-refractivity contribution in [2.24, 2.45) is 0 Å². The number of rotatable bonds is 6. The minimum Gasteiger partial charge on any atom is -0.325 e. The summed E-state index contributed by atoms with van der Waals surface area (Å²) in [6, 6.07) is 14.0. The van der Waals surface area contributed by atoms with Gasteiger partial charge in [0.15, 0.2) is 0 Å². The second-order valence-electron chi connectivity index (χ2n) is 5.93. The summed E-state index contributed by atoms with van der Waals surface area (Å²) in [7, 11) is -3.70. The van der Waals surface area contributed by atoms with Crippen LogP contribution >= 0.6 is 0 Å². The van der Waals surface area contributed by atoms with Crippen molar-refractivity contribution in [1.29, 1.82) is 0 Å². The number of amides is 1. The van der Waals surface area contributed by atoms with Gasteiger partial charge in [-0.1, -0.05) is 49.7 Å². The Morgan fingerprint density at radius 2 is 1.67 bits per heavy atom. The van der Waals surface area contributed by atoms with Crippen LogP contribution in [0.25, 0.3) is 0 Å². The maximum absolute atomic E-state index is 12.2. The molecule has 24 heavy (non-hydrogen) atoms. The van der Waals surface area contributed by atoms with Crippen molar-refractivity contribution < 1.29 is 13.2 Å². The first-order valence-corrected chi connectivity index (χ1v) is 9.23. The number of aryl methyl sites for hydroxylation is 1. The van der Waals surface area contributed by atoms with E-state index in [4.69, 9.17) is 0 Å². The molecule has 0 saturated heterocycles. The van der Waals surface area contributed by atoms with E-state index >= 15 is 0 Å². The summed E-state index contributed by atoms with van der Waals surface area (Å²) in [4.78, 5) is 12.2. The largest absolute Gasteiger partial charge is 0.325 e. The molecule has 0 bridgehead atoms. The summed E-state index contributed by atoms with van der Waals surface area (Å²) in [5, 5.41) is 2.76. The highest BCUT2D eigenvalue weighted by Crippen LogP contribution is 2.23. The number of hydrogen-bond donors (Lipinski definition) is 2. The summed E-state index contributed by atoms with van der Waals surface area (Å²) in [6.45, 7) is 5.63. The van der Waals surface area contributed by atoms with Gasteiger partial charge in [-0.2, -0.15) is 0 Å². The van der Waals surface area contributed by atoms with E-state index in [1.807, 2.05) is 45.0 Å². The normalized spacial score (nSPS) is 11.5. The predicted octanol–water partition coefficient (Wildman–Crippen LogP) is 3.04. The van der Waals surface area contributed by atoms with Gasteiger partial charge in [-0.05, 0) is 36.6 Å². The summed E-state index contributed by atoms with van der Waals surface area (Å²) in [5.74, 6) is -0.149. The molecule has 0 spiro atoms. The molecule has 2 rings (SSSR count). The maximum atomic E-state index is 12.2. The van der Waals surface area contributed by atoms with Gasteiger partial charge in [0.05, 0.1) is 11.4 Å². The Kier molecular flexibility index (Phi) is 5.75. The minimum atomic E-state index is -3.70. The highest BCUT2D eigenvalue weighted by Gasteiger charge is 2.16. The number of hydrogen-bond acceptors (Lipinski definition) is 3. The van der Waals surface area contributed by atoms with Crippen LogP contribution in [0.2, 0.25) is 0 Å². The Labute approximate surface area is 143 Å². The zero-order valence-corrected chi connectivity index (χ0v) is 14.9. The Balaban J connectivity index is 2.02. The quantitative estimate of drug-likeness (QED) is 0.844. The number of benzene rings is 2. The number of nitrogens with one attached hydrogen (secondary N) is 2. The standard InChI is InChI=1S/C18H22N2O3S/c1-13(2)16-6-4-5-7-17(16)20-18(21)12-19-24(22,23)15-10-8-14(3)9-11-15/h4-11,13,19H,12H2,1-3H3,(H,20,21). The number of carbonyl (C=O) groups is 1. The number of sulfonamides is 1. The van der Waals surface area contributed by atoms with Gasteiger partial charge in [-0.25, -0.2) is 13.1 Å². The Bertz CT molecular complexity index is 812. The monoisotopic (exact) mass is 346 g/mol. The first-order chi connectivity index (χ1) is 11.3. The molecule has 2 aromatic carbocycles. The average Bonchev–Trinajstić information content (AvgIpc) is 2.54. The molecule has 0 radical (unpaired) electrons. The molecular weight excluding hydrogens is 324 g/mol. The van der Waals surface area contributed by atoms with Crippen molar-refractivity contribution in [1.82, 2.24) is 4.72 Å². The lowest BCUT2D eigenvalue weighted by molar-refractivity contribution is -0.115. The second-order valence-corrected chi connectivity index (χ2v) is 7.69. The van der Waals surface area contributed by atoms with Gasteiger partial charge in [0.2, 0.25) is 15.9 Å². The lowest BCUT2D eigenvalue weighted by atomic mass is 10.0. The molecule has 6 heteroatoms. The summed E-state index contributed by atoms with van der Waals surface area (Å²) < 4.78 is 26.7. The molecule has 2 aromatic rings. The maximum Gasteiger partial charge on any atom is 0.241 e. The minimum absolute atomic E-state index is 0.142. The van der Waals surface area contributed by atoms with E-state index in [1.165, 1.54) is 12.1 Å². The third-order valence-electron chi connectivity index (χ3n) is 3.61. The fraction of sp³-hybridized carbons (Fsp3) is 0.278. The molecule has 2 N–H and O–H groups in total. The molecule has 0 heterocycles. The van der Waals surface area contributed by atoms with Crippen LogP contribution in [0.1, 0.15) is 30.9 Å². The first kappa shape index (κ1) is 18.2. The van der Waals surface area contributed by atoms with Crippen molar-refractivity contribution in [2.75, 3.05) is 11.9 Å². The van der Waals surface area contributed by atoms with E-state index in [-0.39, 0.29) is 17.4 Å². The predicted molar refractivity (Wildman–Crippen MR) is 95.5 cm³/mol. The van der Waals surface area contributed by atoms with Crippen LogP contribution in [0.4, 0.5) is 5.69 Å². The lowest BCUT2D eigenvalue weighted by Gasteiger charge is -2.14. The highest BCUT2D eigenvalue weighted by molar-refractivity contribution is 7.89.